The maximum absolute atomic E-state index is 4.53. The van der Waals surface area contributed by atoms with E-state index in [0.29, 0.717) is 6.04 Å². The quantitative estimate of drug-likeness (QED) is 0.852. The first kappa shape index (κ1) is 14.3. The van der Waals surface area contributed by atoms with Gasteiger partial charge in [0.15, 0.2) is 0 Å². The number of nitrogens with zero attached hydrogens (tertiary/aromatic N) is 4. The fraction of sp³-hybridized carbons (Fsp3) is 0.625. The fourth-order valence-electron chi connectivity index (χ4n) is 3.02. The molecule has 0 unspecified atom stereocenters. The Morgan fingerprint density at radius 1 is 1.29 bits per heavy atom. The van der Waals surface area contributed by atoms with Gasteiger partial charge in [-0.25, -0.2) is 0 Å². The van der Waals surface area contributed by atoms with E-state index in [1.807, 2.05) is 10.9 Å². The van der Waals surface area contributed by atoms with Gasteiger partial charge in [0.2, 0.25) is 0 Å². The van der Waals surface area contributed by atoms with Gasteiger partial charge in [-0.2, -0.15) is 10.2 Å². The molecule has 0 bridgehead atoms. The molecule has 0 aromatic carbocycles. The van der Waals surface area contributed by atoms with Crippen LogP contribution >= 0.6 is 0 Å². The van der Waals surface area contributed by atoms with Crippen molar-refractivity contribution in [2.24, 2.45) is 0 Å². The highest BCUT2D eigenvalue weighted by molar-refractivity contribution is 5.05. The van der Waals surface area contributed by atoms with E-state index in [4.69, 9.17) is 0 Å². The zero-order valence-electron chi connectivity index (χ0n) is 12.8. The average Bonchev–Trinajstić information content (AvgIpc) is 3.20. The van der Waals surface area contributed by atoms with Crippen molar-refractivity contribution in [3.05, 3.63) is 35.9 Å². The van der Waals surface area contributed by atoms with Gasteiger partial charge in [0, 0.05) is 37.6 Å². The predicted molar refractivity (Wildman–Crippen MR) is 82.8 cm³/mol. The summed E-state index contributed by atoms with van der Waals surface area (Å²) >= 11 is 0. The third-order valence-electron chi connectivity index (χ3n) is 4.14. The van der Waals surface area contributed by atoms with Crippen LogP contribution in [0.25, 0.3) is 0 Å². The molecule has 2 heterocycles. The van der Waals surface area contributed by atoms with E-state index in [0.717, 1.165) is 31.7 Å². The van der Waals surface area contributed by atoms with Gasteiger partial charge in [-0.15, -0.1) is 0 Å². The highest BCUT2D eigenvalue weighted by Crippen LogP contribution is 2.28. The second kappa shape index (κ2) is 6.89. The molecule has 21 heavy (non-hydrogen) atoms. The summed E-state index contributed by atoms with van der Waals surface area (Å²) in [6.07, 6.45) is 12.6. The Morgan fingerprint density at radius 3 is 2.95 bits per heavy atom. The first-order valence-corrected chi connectivity index (χ1v) is 8.11. The minimum Gasteiger partial charge on any atom is -0.307 e. The van der Waals surface area contributed by atoms with Crippen LogP contribution in [-0.2, 0) is 19.6 Å². The Hall–Kier alpha value is -1.62. The minimum atomic E-state index is 0.628. The van der Waals surface area contributed by atoms with E-state index in [1.54, 1.807) is 0 Å². The maximum atomic E-state index is 4.53. The maximum Gasteiger partial charge on any atom is 0.0762 e. The van der Waals surface area contributed by atoms with Crippen molar-refractivity contribution in [2.75, 3.05) is 0 Å². The first-order valence-electron chi connectivity index (χ1n) is 8.11. The van der Waals surface area contributed by atoms with Crippen LogP contribution in [0.2, 0.25) is 0 Å². The second-order valence-corrected chi connectivity index (χ2v) is 5.94. The van der Waals surface area contributed by atoms with Gasteiger partial charge < -0.3 is 5.32 Å². The SMILES string of the molecule is CCCn1ccc(CNCc2cnn(C3CCCC3)c2)n1. The van der Waals surface area contributed by atoms with Gasteiger partial charge in [-0.3, -0.25) is 9.36 Å². The van der Waals surface area contributed by atoms with Crippen molar-refractivity contribution in [3.8, 4) is 0 Å². The minimum absolute atomic E-state index is 0.628. The number of rotatable bonds is 7. The largest absolute Gasteiger partial charge is 0.307 e. The van der Waals surface area contributed by atoms with E-state index in [2.05, 4.69) is 45.6 Å². The molecule has 114 valence electrons. The van der Waals surface area contributed by atoms with Crippen LogP contribution in [0.4, 0.5) is 0 Å². The molecule has 0 atom stereocenters. The van der Waals surface area contributed by atoms with Crippen molar-refractivity contribution in [1.82, 2.24) is 24.9 Å². The van der Waals surface area contributed by atoms with Crippen LogP contribution < -0.4 is 5.32 Å². The van der Waals surface area contributed by atoms with Crippen molar-refractivity contribution in [1.29, 1.82) is 0 Å². The van der Waals surface area contributed by atoms with Crippen molar-refractivity contribution in [2.45, 2.75) is 64.7 Å². The smallest absolute Gasteiger partial charge is 0.0762 e. The van der Waals surface area contributed by atoms with E-state index < -0.39 is 0 Å². The molecule has 0 spiro atoms. The summed E-state index contributed by atoms with van der Waals surface area (Å²) in [5.41, 5.74) is 2.36. The van der Waals surface area contributed by atoms with Gasteiger partial charge in [-0.05, 0) is 25.3 Å². The molecule has 1 saturated carbocycles. The summed E-state index contributed by atoms with van der Waals surface area (Å²) in [6.45, 7) is 4.83. The Morgan fingerprint density at radius 2 is 2.14 bits per heavy atom. The van der Waals surface area contributed by atoms with Gasteiger partial charge in [0.05, 0.1) is 17.9 Å². The Kier molecular flexibility index (Phi) is 4.70. The molecule has 1 aliphatic carbocycles. The van der Waals surface area contributed by atoms with Crippen LogP contribution in [0, 0.1) is 0 Å². The van der Waals surface area contributed by atoms with Crippen LogP contribution in [0.5, 0.6) is 0 Å². The third kappa shape index (κ3) is 3.73. The fourth-order valence-corrected chi connectivity index (χ4v) is 3.02. The van der Waals surface area contributed by atoms with Crippen molar-refractivity contribution in [3.63, 3.8) is 0 Å². The Bertz CT molecular complexity index is 551. The van der Waals surface area contributed by atoms with E-state index in [-0.39, 0.29) is 0 Å². The number of aryl methyl sites for hydroxylation is 1. The number of hydrogen-bond acceptors (Lipinski definition) is 3. The monoisotopic (exact) mass is 287 g/mol. The average molecular weight is 287 g/mol. The molecule has 5 heteroatoms. The summed E-state index contributed by atoms with van der Waals surface area (Å²) in [5, 5.41) is 12.5. The molecule has 0 amide bonds. The second-order valence-electron chi connectivity index (χ2n) is 5.94. The molecule has 2 aromatic heterocycles. The van der Waals surface area contributed by atoms with Gasteiger partial charge >= 0.3 is 0 Å². The zero-order chi connectivity index (χ0) is 14.5. The summed E-state index contributed by atoms with van der Waals surface area (Å²) in [6, 6.07) is 2.72. The standard InChI is InChI=1S/C16H25N5/c1-2-8-20-9-7-15(19-20)12-17-10-14-11-18-21(13-14)16-5-3-4-6-16/h7,9,11,13,16-17H,2-6,8,10,12H2,1H3. The third-order valence-corrected chi connectivity index (χ3v) is 4.14. The number of aromatic nitrogens is 4. The normalized spacial score (nSPS) is 15.9. The lowest BCUT2D eigenvalue weighted by Crippen LogP contribution is -2.13. The summed E-state index contributed by atoms with van der Waals surface area (Å²) < 4.78 is 4.16. The molecule has 1 fully saturated rings. The molecule has 2 aromatic rings. The van der Waals surface area contributed by atoms with E-state index in [9.17, 15) is 0 Å². The van der Waals surface area contributed by atoms with Crippen LogP contribution in [0.15, 0.2) is 24.7 Å². The summed E-state index contributed by atoms with van der Waals surface area (Å²) in [5.74, 6) is 0. The van der Waals surface area contributed by atoms with Crippen LogP contribution in [-0.4, -0.2) is 19.6 Å². The molecular weight excluding hydrogens is 262 g/mol. The van der Waals surface area contributed by atoms with E-state index in [1.165, 1.54) is 31.2 Å². The van der Waals surface area contributed by atoms with Crippen LogP contribution in [0.1, 0.15) is 56.3 Å². The van der Waals surface area contributed by atoms with Crippen molar-refractivity contribution >= 4 is 0 Å². The lowest BCUT2D eigenvalue weighted by atomic mass is 10.2. The van der Waals surface area contributed by atoms with E-state index >= 15 is 0 Å². The van der Waals surface area contributed by atoms with Gasteiger partial charge in [0.1, 0.15) is 0 Å². The molecule has 1 N–H and O–H groups in total. The molecular formula is C16H25N5. The Labute approximate surface area is 126 Å². The predicted octanol–water partition coefficient (Wildman–Crippen LogP) is 2.89. The van der Waals surface area contributed by atoms with Crippen LogP contribution in [0.3, 0.4) is 0 Å². The molecule has 0 radical (unpaired) electrons. The first-order chi connectivity index (χ1) is 10.3. The highest BCUT2D eigenvalue weighted by atomic mass is 15.3. The van der Waals surface area contributed by atoms with Gasteiger partial charge in [0.25, 0.3) is 0 Å². The zero-order valence-corrected chi connectivity index (χ0v) is 12.8. The lowest BCUT2D eigenvalue weighted by Gasteiger charge is -2.08. The topological polar surface area (TPSA) is 47.7 Å². The van der Waals surface area contributed by atoms with Crippen molar-refractivity contribution < 1.29 is 0 Å². The number of nitrogens with one attached hydrogen (secondary N) is 1. The lowest BCUT2D eigenvalue weighted by molar-refractivity contribution is 0.466. The molecule has 1 aliphatic rings. The van der Waals surface area contributed by atoms with Gasteiger partial charge in [-0.1, -0.05) is 19.8 Å². The number of hydrogen-bond donors (Lipinski definition) is 1. The molecule has 0 saturated heterocycles. The highest BCUT2D eigenvalue weighted by Gasteiger charge is 2.17. The Balaban J connectivity index is 1.46. The molecule has 0 aliphatic heterocycles. The summed E-state index contributed by atoms with van der Waals surface area (Å²) in [4.78, 5) is 0. The summed E-state index contributed by atoms with van der Waals surface area (Å²) in [7, 11) is 0. The molecule has 3 rings (SSSR count). The molecule has 5 nitrogen and oxygen atoms in total.